The zero-order valence-electron chi connectivity index (χ0n) is 17.0. The first-order valence-corrected chi connectivity index (χ1v) is 10.5. The summed E-state index contributed by atoms with van der Waals surface area (Å²) >= 11 is 0. The van der Waals surface area contributed by atoms with E-state index >= 15 is 0 Å². The van der Waals surface area contributed by atoms with Crippen molar-refractivity contribution in [2.24, 2.45) is 0 Å². The van der Waals surface area contributed by atoms with Gasteiger partial charge in [0, 0.05) is 6.54 Å². The first kappa shape index (κ1) is 18.6. The summed E-state index contributed by atoms with van der Waals surface area (Å²) in [7, 11) is 0. The second-order valence-corrected chi connectivity index (χ2v) is 7.96. The molecule has 4 nitrogen and oxygen atoms in total. The molecule has 4 aromatic rings. The van der Waals surface area contributed by atoms with Crippen LogP contribution in [0.15, 0.2) is 77.2 Å². The normalized spacial score (nSPS) is 16.3. The number of rotatable bonds is 4. The minimum absolute atomic E-state index is 0.0875. The molecular weight excluding hydrogens is 372 g/mol. The van der Waals surface area contributed by atoms with Crippen molar-refractivity contribution >= 4 is 17.0 Å². The Balaban J connectivity index is 1.42. The number of hydrogen-bond donors (Lipinski definition) is 0. The third-order valence-electron chi connectivity index (χ3n) is 5.92. The van der Waals surface area contributed by atoms with Gasteiger partial charge >= 0.3 is 0 Å². The Labute approximate surface area is 176 Å². The van der Waals surface area contributed by atoms with Crippen LogP contribution >= 0.6 is 0 Å². The highest BCUT2D eigenvalue weighted by Crippen LogP contribution is 2.35. The third kappa shape index (κ3) is 3.50. The molecule has 1 saturated heterocycles. The summed E-state index contributed by atoms with van der Waals surface area (Å²) in [6, 6.07) is 24.3. The minimum Gasteiger partial charge on any atom is -0.438 e. The van der Waals surface area contributed by atoms with E-state index in [2.05, 4.69) is 37.3 Å². The second-order valence-electron chi connectivity index (χ2n) is 7.96. The zero-order chi connectivity index (χ0) is 20.5. The van der Waals surface area contributed by atoms with E-state index in [9.17, 15) is 4.79 Å². The van der Waals surface area contributed by atoms with Crippen molar-refractivity contribution in [3.63, 3.8) is 0 Å². The summed E-state index contributed by atoms with van der Waals surface area (Å²) in [6.45, 7) is 2.87. The standard InChI is InChI=1S/C26H24N2O2/c1-18-8-5-6-11-21(18)20-13-14-24-22(17-20)27-26(30-24)23-12-7-15-28(23)25(29)16-19-9-3-2-4-10-19/h2-6,8-11,13-14,17,23H,7,12,15-16H2,1H3/t23-/m0/s1. The van der Waals surface area contributed by atoms with Crippen LogP contribution in [0.2, 0.25) is 0 Å². The van der Waals surface area contributed by atoms with Crippen LogP contribution in [-0.4, -0.2) is 22.3 Å². The largest absolute Gasteiger partial charge is 0.438 e. The topological polar surface area (TPSA) is 46.3 Å². The van der Waals surface area contributed by atoms with Crippen molar-refractivity contribution < 1.29 is 9.21 Å². The molecule has 3 aromatic carbocycles. The molecule has 1 fully saturated rings. The van der Waals surface area contributed by atoms with Gasteiger partial charge in [-0.1, -0.05) is 60.7 Å². The molecule has 1 amide bonds. The lowest BCUT2D eigenvalue weighted by Gasteiger charge is -2.22. The lowest BCUT2D eigenvalue weighted by atomic mass is 10.0. The van der Waals surface area contributed by atoms with E-state index in [1.165, 1.54) is 11.1 Å². The molecule has 0 radical (unpaired) electrons. The van der Waals surface area contributed by atoms with Crippen LogP contribution in [0.1, 0.15) is 35.9 Å². The highest BCUT2D eigenvalue weighted by Gasteiger charge is 2.33. The summed E-state index contributed by atoms with van der Waals surface area (Å²) in [5, 5.41) is 0. The number of carbonyl (C=O) groups excluding carboxylic acids is 1. The van der Waals surface area contributed by atoms with E-state index in [4.69, 9.17) is 9.40 Å². The Kier molecular flexibility index (Phi) is 4.83. The van der Waals surface area contributed by atoms with E-state index in [1.807, 2.05) is 47.4 Å². The Morgan fingerprint density at radius 3 is 2.70 bits per heavy atom. The molecule has 30 heavy (non-hydrogen) atoms. The Morgan fingerprint density at radius 2 is 1.87 bits per heavy atom. The summed E-state index contributed by atoms with van der Waals surface area (Å²) in [6.07, 6.45) is 2.27. The van der Waals surface area contributed by atoms with Gasteiger partial charge in [-0.25, -0.2) is 4.98 Å². The van der Waals surface area contributed by atoms with Gasteiger partial charge in [0.25, 0.3) is 0 Å². The number of nitrogens with zero attached hydrogens (tertiary/aromatic N) is 2. The molecule has 0 saturated carbocycles. The van der Waals surface area contributed by atoms with Gasteiger partial charge in [0.2, 0.25) is 11.8 Å². The Hall–Kier alpha value is -3.40. The van der Waals surface area contributed by atoms with E-state index in [1.54, 1.807) is 0 Å². The number of hydrogen-bond acceptors (Lipinski definition) is 3. The van der Waals surface area contributed by atoms with Gasteiger partial charge in [-0.2, -0.15) is 0 Å². The quantitative estimate of drug-likeness (QED) is 0.444. The fourth-order valence-electron chi connectivity index (χ4n) is 4.35. The fraction of sp³-hybridized carbons (Fsp3) is 0.231. The van der Waals surface area contributed by atoms with Gasteiger partial charge in [0.15, 0.2) is 5.58 Å². The van der Waals surface area contributed by atoms with Crippen molar-refractivity contribution in [1.82, 2.24) is 9.88 Å². The average molecular weight is 396 g/mol. The molecule has 0 N–H and O–H groups in total. The smallest absolute Gasteiger partial charge is 0.227 e. The predicted octanol–water partition coefficient (Wildman–Crippen LogP) is 5.71. The van der Waals surface area contributed by atoms with Gasteiger partial charge in [-0.15, -0.1) is 0 Å². The van der Waals surface area contributed by atoms with E-state index < -0.39 is 0 Å². The lowest BCUT2D eigenvalue weighted by molar-refractivity contribution is -0.131. The maximum atomic E-state index is 12.9. The number of fused-ring (bicyclic) bond motifs is 1. The molecular formula is C26H24N2O2. The molecule has 1 aliphatic heterocycles. The third-order valence-corrected chi connectivity index (χ3v) is 5.92. The number of aromatic nitrogens is 1. The average Bonchev–Trinajstić information content (AvgIpc) is 3.41. The molecule has 1 atom stereocenters. The van der Waals surface area contributed by atoms with E-state index in [0.717, 1.165) is 41.6 Å². The summed E-state index contributed by atoms with van der Waals surface area (Å²) in [4.78, 5) is 19.7. The Bertz CT molecular complexity index is 1200. The molecule has 1 aliphatic rings. The number of likely N-dealkylation sites (tertiary alicyclic amines) is 1. The van der Waals surface area contributed by atoms with Gasteiger partial charge in [0.1, 0.15) is 11.6 Å². The van der Waals surface area contributed by atoms with Crippen LogP contribution < -0.4 is 0 Å². The SMILES string of the molecule is Cc1ccccc1-c1ccc2oc([C@@H]3CCCN3C(=O)Cc3ccccc3)nc2c1. The van der Waals surface area contributed by atoms with Crippen LogP contribution in [-0.2, 0) is 11.2 Å². The molecule has 0 bridgehead atoms. The number of benzene rings is 3. The molecule has 150 valence electrons. The highest BCUT2D eigenvalue weighted by molar-refractivity contribution is 5.82. The van der Waals surface area contributed by atoms with Crippen LogP contribution in [0, 0.1) is 6.92 Å². The van der Waals surface area contributed by atoms with Crippen molar-refractivity contribution in [2.45, 2.75) is 32.2 Å². The molecule has 2 heterocycles. The van der Waals surface area contributed by atoms with Crippen LogP contribution in [0.3, 0.4) is 0 Å². The highest BCUT2D eigenvalue weighted by atomic mass is 16.3. The van der Waals surface area contributed by atoms with Gasteiger partial charge < -0.3 is 9.32 Å². The number of oxazole rings is 1. The monoisotopic (exact) mass is 396 g/mol. The molecule has 0 aliphatic carbocycles. The van der Waals surface area contributed by atoms with Crippen LogP contribution in [0.4, 0.5) is 0 Å². The lowest BCUT2D eigenvalue weighted by Crippen LogP contribution is -2.32. The molecule has 4 heteroatoms. The molecule has 1 aromatic heterocycles. The van der Waals surface area contributed by atoms with Crippen LogP contribution in [0.5, 0.6) is 0 Å². The van der Waals surface area contributed by atoms with Gasteiger partial charge in [0.05, 0.1) is 6.42 Å². The van der Waals surface area contributed by atoms with Crippen molar-refractivity contribution in [1.29, 1.82) is 0 Å². The minimum atomic E-state index is -0.0875. The van der Waals surface area contributed by atoms with Crippen molar-refractivity contribution in [2.75, 3.05) is 6.54 Å². The van der Waals surface area contributed by atoms with Crippen molar-refractivity contribution in [3.05, 3.63) is 89.8 Å². The first-order valence-electron chi connectivity index (χ1n) is 10.5. The first-order chi connectivity index (χ1) is 14.7. The predicted molar refractivity (Wildman–Crippen MR) is 118 cm³/mol. The molecule has 0 spiro atoms. The van der Waals surface area contributed by atoms with E-state index in [0.29, 0.717) is 12.3 Å². The summed E-state index contributed by atoms with van der Waals surface area (Å²) in [5.74, 6) is 0.775. The number of aryl methyl sites for hydroxylation is 1. The number of amides is 1. The zero-order valence-corrected chi connectivity index (χ0v) is 17.0. The van der Waals surface area contributed by atoms with Crippen molar-refractivity contribution in [3.8, 4) is 11.1 Å². The second kappa shape index (κ2) is 7.79. The van der Waals surface area contributed by atoms with Gasteiger partial charge in [-0.3, -0.25) is 4.79 Å². The fourth-order valence-corrected chi connectivity index (χ4v) is 4.35. The molecule has 5 rings (SSSR count). The molecule has 0 unspecified atom stereocenters. The maximum absolute atomic E-state index is 12.9. The summed E-state index contributed by atoms with van der Waals surface area (Å²) < 4.78 is 6.10. The van der Waals surface area contributed by atoms with E-state index in [-0.39, 0.29) is 11.9 Å². The van der Waals surface area contributed by atoms with Gasteiger partial charge in [-0.05, 0) is 54.2 Å². The van der Waals surface area contributed by atoms with Crippen LogP contribution in [0.25, 0.3) is 22.2 Å². The maximum Gasteiger partial charge on any atom is 0.227 e. The Morgan fingerprint density at radius 1 is 1.07 bits per heavy atom. The summed E-state index contributed by atoms with van der Waals surface area (Å²) in [5.41, 5.74) is 6.20. The number of carbonyl (C=O) groups is 1.